The molecule has 5 rings (SSSR count). The van der Waals surface area contributed by atoms with E-state index in [0.717, 1.165) is 33.5 Å². The highest BCUT2D eigenvalue weighted by molar-refractivity contribution is 5.86. The topological polar surface area (TPSA) is 93.5 Å². The van der Waals surface area contributed by atoms with Crippen LogP contribution in [-0.4, -0.2) is 26.9 Å². The van der Waals surface area contributed by atoms with E-state index < -0.39 is 17.5 Å². The van der Waals surface area contributed by atoms with Crippen molar-refractivity contribution < 1.29 is 19.4 Å². The molecule has 1 aromatic heterocycles. The van der Waals surface area contributed by atoms with Crippen molar-refractivity contribution in [2.75, 3.05) is 5.32 Å². The summed E-state index contributed by atoms with van der Waals surface area (Å²) in [5, 5.41) is 16.8. The maximum Gasteiger partial charge on any atom is 0.413 e. The van der Waals surface area contributed by atoms with Gasteiger partial charge in [-0.25, -0.2) is 9.48 Å². The smallest absolute Gasteiger partial charge is 0.413 e. The Balaban J connectivity index is 1.30. The third kappa shape index (κ3) is 4.47. The molecule has 3 aromatic carbocycles. The van der Waals surface area contributed by atoms with Crippen LogP contribution in [0.15, 0.2) is 85.1 Å². The van der Waals surface area contributed by atoms with E-state index >= 15 is 0 Å². The van der Waals surface area contributed by atoms with E-state index in [1.807, 2.05) is 92.7 Å². The lowest BCUT2D eigenvalue weighted by Gasteiger charge is -2.15. The fraction of sp³-hybridized carbons (Fsp3) is 0.207. The zero-order chi connectivity index (χ0) is 25.3. The minimum absolute atomic E-state index is 0.390. The molecule has 1 aliphatic rings. The van der Waals surface area contributed by atoms with Gasteiger partial charge in [0.25, 0.3) is 0 Å². The lowest BCUT2D eigenvalue weighted by molar-refractivity contribution is -0.140. The molecule has 0 spiro atoms. The lowest BCUT2D eigenvalue weighted by Crippen LogP contribution is -2.19. The Kier molecular flexibility index (Phi) is 6.06. The van der Waals surface area contributed by atoms with Gasteiger partial charge in [0, 0.05) is 5.56 Å². The molecule has 182 valence electrons. The Labute approximate surface area is 209 Å². The Morgan fingerprint density at radius 1 is 0.972 bits per heavy atom. The number of ether oxygens (including phenoxy) is 1. The zero-order valence-electron chi connectivity index (χ0n) is 20.1. The number of carbonyl (C=O) groups is 2. The number of aromatic nitrogens is 2. The fourth-order valence-corrected chi connectivity index (χ4v) is 4.38. The molecule has 0 saturated heterocycles. The van der Waals surface area contributed by atoms with Crippen LogP contribution < -0.4 is 5.32 Å². The maximum atomic E-state index is 12.6. The first-order valence-electron chi connectivity index (χ1n) is 11.9. The van der Waals surface area contributed by atoms with Crippen LogP contribution >= 0.6 is 0 Å². The molecule has 1 atom stereocenters. The summed E-state index contributed by atoms with van der Waals surface area (Å²) in [5.74, 6) is -0.210. The van der Waals surface area contributed by atoms with E-state index in [1.54, 1.807) is 10.9 Å². The van der Waals surface area contributed by atoms with Crippen LogP contribution in [0.25, 0.3) is 16.8 Å². The largest absolute Gasteiger partial charge is 0.481 e. The van der Waals surface area contributed by atoms with Crippen molar-refractivity contribution in [3.05, 3.63) is 102 Å². The summed E-state index contributed by atoms with van der Waals surface area (Å²) >= 11 is 0. The average Bonchev–Trinajstić information content (AvgIpc) is 3.64. The van der Waals surface area contributed by atoms with Gasteiger partial charge in [-0.2, -0.15) is 5.10 Å². The third-order valence-electron chi connectivity index (χ3n) is 6.77. The van der Waals surface area contributed by atoms with Crippen LogP contribution in [0.1, 0.15) is 42.6 Å². The van der Waals surface area contributed by atoms with Crippen molar-refractivity contribution in [1.82, 2.24) is 9.78 Å². The highest BCUT2D eigenvalue weighted by Crippen LogP contribution is 2.48. The molecular weight excluding hydrogens is 454 g/mol. The van der Waals surface area contributed by atoms with Crippen molar-refractivity contribution in [3.63, 3.8) is 0 Å². The number of carboxylic acids is 1. The van der Waals surface area contributed by atoms with Gasteiger partial charge in [0.1, 0.15) is 11.9 Å². The Morgan fingerprint density at radius 2 is 1.58 bits per heavy atom. The quantitative estimate of drug-likeness (QED) is 0.324. The number of anilines is 1. The molecule has 0 bridgehead atoms. The van der Waals surface area contributed by atoms with Gasteiger partial charge in [-0.3, -0.25) is 10.1 Å². The molecule has 2 N–H and O–H groups in total. The van der Waals surface area contributed by atoms with Crippen molar-refractivity contribution >= 4 is 17.9 Å². The predicted molar refractivity (Wildman–Crippen MR) is 137 cm³/mol. The summed E-state index contributed by atoms with van der Waals surface area (Å²) in [6.45, 7) is 3.70. The van der Waals surface area contributed by atoms with E-state index in [-0.39, 0.29) is 6.10 Å². The van der Waals surface area contributed by atoms with Gasteiger partial charge in [0.15, 0.2) is 0 Å². The fourth-order valence-electron chi connectivity index (χ4n) is 4.38. The van der Waals surface area contributed by atoms with Gasteiger partial charge in [-0.05, 0) is 61.1 Å². The first kappa shape index (κ1) is 23.4. The Bertz CT molecular complexity index is 1390. The molecule has 7 heteroatoms. The minimum atomic E-state index is -0.753. The number of benzene rings is 3. The molecular formula is C29H27N3O4. The number of nitrogens with zero attached hydrogens (tertiary/aromatic N) is 2. The van der Waals surface area contributed by atoms with Gasteiger partial charge in [0.05, 0.1) is 17.3 Å². The van der Waals surface area contributed by atoms with E-state index in [2.05, 4.69) is 10.4 Å². The van der Waals surface area contributed by atoms with Crippen LogP contribution in [0.3, 0.4) is 0 Å². The molecule has 1 amide bonds. The minimum Gasteiger partial charge on any atom is -0.481 e. The first-order chi connectivity index (χ1) is 17.4. The number of hydrogen-bond donors (Lipinski definition) is 2. The van der Waals surface area contributed by atoms with Crippen molar-refractivity contribution in [2.24, 2.45) is 0 Å². The van der Waals surface area contributed by atoms with Crippen LogP contribution in [0.5, 0.6) is 0 Å². The summed E-state index contributed by atoms with van der Waals surface area (Å²) < 4.78 is 7.22. The standard InChI is InChI=1S/C29H27N3O4/c1-19-18-30-32(26(19)31-28(35)36-20(2)21-6-4-3-5-7-21)25-14-10-23(11-15-25)22-8-12-24(13-9-22)29(16-17-29)27(33)34/h3-15,18,20H,16-17H2,1-2H3,(H,31,35)(H,33,34). The lowest BCUT2D eigenvalue weighted by atomic mass is 9.94. The SMILES string of the molecule is Cc1cnn(-c2ccc(-c3ccc(C4(C(=O)O)CC4)cc3)cc2)c1NC(=O)OC(C)c1ccccc1. The van der Waals surface area contributed by atoms with Crippen LogP contribution in [0.4, 0.5) is 10.6 Å². The van der Waals surface area contributed by atoms with Crippen LogP contribution in [-0.2, 0) is 14.9 Å². The molecule has 1 unspecified atom stereocenters. The van der Waals surface area contributed by atoms with E-state index in [9.17, 15) is 14.7 Å². The number of carboxylic acid groups (broad SMARTS) is 1. The van der Waals surface area contributed by atoms with Gasteiger partial charge < -0.3 is 9.84 Å². The maximum absolute atomic E-state index is 12.6. The molecule has 0 aliphatic heterocycles. The number of hydrogen-bond acceptors (Lipinski definition) is 4. The molecule has 1 saturated carbocycles. The number of nitrogens with one attached hydrogen (secondary N) is 1. The summed E-state index contributed by atoms with van der Waals surface area (Å²) in [4.78, 5) is 24.2. The number of amides is 1. The molecule has 1 heterocycles. The number of carbonyl (C=O) groups excluding carboxylic acids is 1. The second kappa shape index (κ2) is 9.34. The highest BCUT2D eigenvalue weighted by atomic mass is 16.6. The summed E-state index contributed by atoms with van der Waals surface area (Å²) in [5.41, 5.74) is 4.66. The van der Waals surface area contributed by atoms with Crippen molar-refractivity contribution in [2.45, 2.75) is 38.2 Å². The van der Waals surface area contributed by atoms with Gasteiger partial charge >= 0.3 is 12.1 Å². The predicted octanol–water partition coefficient (Wildman–Crippen LogP) is 6.27. The normalized spacial score (nSPS) is 14.6. The second-order valence-corrected chi connectivity index (χ2v) is 9.18. The van der Waals surface area contributed by atoms with Crippen molar-refractivity contribution in [1.29, 1.82) is 0 Å². The summed E-state index contributed by atoms with van der Waals surface area (Å²) in [6, 6.07) is 25.1. The molecule has 7 nitrogen and oxygen atoms in total. The zero-order valence-corrected chi connectivity index (χ0v) is 20.1. The van der Waals surface area contributed by atoms with Crippen molar-refractivity contribution in [3.8, 4) is 16.8 Å². The van der Waals surface area contributed by atoms with E-state index in [0.29, 0.717) is 18.7 Å². The molecule has 36 heavy (non-hydrogen) atoms. The number of rotatable bonds is 7. The number of aryl methyl sites for hydroxylation is 1. The number of aliphatic carboxylic acids is 1. The average molecular weight is 482 g/mol. The van der Waals surface area contributed by atoms with Crippen LogP contribution in [0.2, 0.25) is 0 Å². The van der Waals surface area contributed by atoms with E-state index in [4.69, 9.17) is 4.74 Å². The molecule has 1 fully saturated rings. The molecule has 4 aromatic rings. The summed E-state index contributed by atoms with van der Waals surface area (Å²) in [6.07, 6.45) is 2.13. The first-order valence-corrected chi connectivity index (χ1v) is 11.9. The summed E-state index contributed by atoms with van der Waals surface area (Å²) in [7, 11) is 0. The third-order valence-corrected chi connectivity index (χ3v) is 6.77. The van der Waals surface area contributed by atoms with Gasteiger partial charge in [-0.1, -0.05) is 66.7 Å². The monoisotopic (exact) mass is 481 g/mol. The Morgan fingerprint density at radius 3 is 2.17 bits per heavy atom. The molecule has 0 radical (unpaired) electrons. The van der Waals surface area contributed by atoms with Gasteiger partial charge in [-0.15, -0.1) is 0 Å². The van der Waals surface area contributed by atoms with Gasteiger partial charge in [0.2, 0.25) is 0 Å². The van der Waals surface area contributed by atoms with Crippen LogP contribution in [0, 0.1) is 6.92 Å². The Hall–Kier alpha value is -4.39. The second-order valence-electron chi connectivity index (χ2n) is 9.18. The highest BCUT2D eigenvalue weighted by Gasteiger charge is 2.51. The molecule has 1 aliphatic carbocycles. The van der Waals surface area contributed by atoms with E-state index in [1.165, 1.54) is 0 Å².